The van der Waals surface area contributed by atoms with Crippen LogP contribution in [0.3, 0.4) is 0 Å². The van der Waals surface area contributed by atoms with Gasteiger partial charge in [-0.15, -0.1) is 0 Å². The van der Waals surface area contributed by atoms with E-state index in [4.69, 9.17) is 5.73 Å². The molecular formula is C14H22N2. The molecule has 1 aliphatic carbocycles. The van der Waals surface area contributed by atoms with E-state index >= 15 is 0 Å². The van der Waals surface area contributed by atoms with E-state index in [1.54, 1.807) is 0 Å². The largest absolute Gasteiger partial charge is 0.323 e. The SMILES string of the molecule is CCCN(CC)C1Cc2ccccc2C1N. The molecule has 2 heteroatoms. The summed E-state index contributed by atoms with van der Waals surface area (Å²) in [6.07, 6.45) is 2.32. The maximum Gasteiger partial charge on any atom is 0.0459 e. The van der Waals surface area contributed by atoms with Crippen LogP contribution in [0.4, 0.5) is 0 Å². The summed E-state index contributed by atoms with van der Waals surface area (Å²) in [6.45, 7) is 6.71. The molecule has 2 nitrogen and oxygen atoms in total. The number of rotatable bonds is 4. The van der Waals surface area contributed by atoms with Gasteiger partial charge in [0.25, 0.3) is 0 Å². The van der Waals surface area contributed by atoms with Gasteiger partial charge < -0.3 is 5.73 Å². The quantitative estimate of drug-likeness (QED) is 0.840. The van der Waals surface area contributed by atoms with E-state index in [1.165, 1.54) is 17.5 Å². The summed E-state index contributed by atoms with van der Waals surface area (Å²) in [6, 6.07) is 9.31. The van der Waals surface area contributed by atoms with Gasteiger partial charge in [-0.1, -0.05) is 38.1 Å². The molecule has 2 unspecified atom stereocenters. The second-order valence-electron chi connectivity index (χ2n) is 4.62. The van der Waals surface area contributed by atoms with Gasteiger partial charge in [-0.25, -0.2) is 0 Å². The van der Waals surface area contributed by atoms with Crippen molar-refractivity contribution in [1.82, 2.24) is 4.90 Å². The van der Waals surface area contributed by atoms with Gasteiger partial charge in [-0.05, 0) is 37.1 Å². The molecule has 0 radical (unpaired) electrons. The van der Waals surface area contributed by atoms with Gasteiger partial charge in [0.2, 0.25) is 0 Å². The summed E-state index contributed by atoms with van der Waals surface area (Å²) in [4.78, 5) is 2.52. The highest BCUT2D eigenvalue weighted by Crippen LogP contribution is 2.32. The first-order valence-corrected chi connectivity index (χ1v) is 6.35. The number of nitrogens with two attached hydrogens (primary N) is 1. The molecule has 0 spiro atoms. The summed E-state index contributed by atoms with van der Waals surface area (Å²) >= 11 is 0. The van der Waals surface area contributed by atoms with Crippen molar-refractivity contribution in [2.75, 3.05) is 13.1 Å². The Balaban J connectivity index is 2.17. The van der Waals surface area contributed by atoms with Gasteiger partial charge in [0.15, 0.2) is 0 Å². The Hall–Kier alpha value is -0.860. The Morgan fingerprint density at radius 2 is 2.06 bits per heavy atom. The second-order valence-corrected chi connectivity index (χ2v) is 4.62. The molecule has 0 saturated heterocycles. The highest BCUT2D eigenvalue weighted by atomic mass is 15.2. The molecule has 1 aromatic rings. The number of hydrogen-bond donors (Lipinski definition) is 1. The number of benzene rings is 1. The molecule has 1 aromatic carbocycles. The molecule has 2 atom stereocenters. The van der Waals surface area contributed by atoms with Crippen LogP contribution in [0.25, 0.3) is 0 Å². The number of fused-ring (bicyclic) bond motifs is 1. The van der Waals surface area contributed by atoms with Crippen molar-refractivity contribution in [1.29, 1.82) is 0 Å². The fourth-order valence-corrected chi connectivity index (χ4v) is 2.81. The maximum absolute atomic E-state index is 6.36. The van der Waals surface area contributed by atoms with Crippen molar-refractivity contribution in [3.63, 3.8) is 0 Å². The fourth-order valence-electron chi connectivity index (χ4n) is 2.81. The Morgan fingerprint density at radius 1 is 1.31 bits per heavy atom. The molecule has 88 valence electrons. The van der Waals surface area contributed by atoms with Gasteiger partial charge in [0.05, 0.1) is 0 Å². The van der Waals surface area contributed by atoms with Crippen molar-refractivity contribution >= 4 is 0 Å². The summed E-state index contributed by atoms with van der Waals surface area (Å²) in [7, 11) is 0. The zero-order chi connectivity index (χ0) is 11.5. The van der Waals surface area contributed by atoms with Crippen molar-refractivity contribution in [2.24, 2.45) is 5.73 Å². The standard InChI is InChI=1S/C14H22N2/c1-3-9-16(4-2)13-10-11-7-5-6-8-12(11)14(13)15/h5-8,13-14H,3-4,9-10,15H2,1-2H3. The molecule has 16 heavy (non-hydrogen) atoms. The van der Waals surface area contributed by atoms with Crippen LogP contribution in [0.15, 0.2) is 24.3 Å². The first-order chi connectivity index (χ1) is 7.77. The van der Waals surface area contributed by atoms with Crippen LogP contribution in [-0.2, 0) is 6.42 Å². The minimum atomic E-state index is 0.197. The van der Waals surface area contributed by atoms with Crippen LogP contribution in [-0.4, -0.2) is 24.0 Å². The topological polar surface area (TPSA) is 29.3 Å². The predicted molar refractivity (Wildman–Crippen MR) is 68.4 cm³/mol. The summed E-state index contributed by atoms with van der Waals surface area (Å²) in [5.41, 5.74) is 9.14. The van der Waals surface area contributed by atoms with Crippen molar-refractivity contribution in [3.05, 3.63) is 35.4 Å². The van der Waals surface area contributed by atoms with Gasteiger partial charge in [0, 0.05) is 12.1 Å². The lowest BCUT2D eigenvalue weighted by Crippen LogP contribution is -2.41. The first-order valence-electron chi connectivity index (χ1n) is 6.35. The van der Waals surface area contributed by atoms with E-state index < -0.39 is 0 Å². The summed E-state index contributed by atoms with van der Waals surface area (Å²) in [5, 5.41) is 0. The van der Waals surface area contributed by atoms with Crippen molar-refractivity contribution in [3.8, 4) is 0 Å². The Morgan fingerprint density at radius 3 is 2.69 bits per heavy atom. The Kier molecular flexibility index (Phi) is 3.62. The van der Waals surface area contributed by atoms with E-state index in [-0.39, 0.29) is 6.04 Å². The monoisotopic (exact) mass is 218 g/mol. The lowest BCUT2D eigenvalue weighted by molar-refractivity contribution is 0.189. The molecule has 0 aromatic heterocycles. The third-order valence-electron chi connectivity index (χ3n) is 3.64. The molecule has 0 bridgehead atoms. The van der Waals surface area contributed by atoms with Crippen LogP contribution in [0.1, 0.15) is 37.4 Å². The van der Waals surface area contributed by atoms with Crippen molar-refractivity contribution < 1.29 is 0 Å². The second kappa shape index (κ2) is 4.98. The highest BCUT2D eigenvalue weighted by Gasteiger charge is 2.32. The average Bonchev–Trinajstić information content (AvgIpc) is 2.64. The number of likely N-dealkylation sites (N-methyl/N-ethyl adjacent to an activating group) is 1. The molecule has 0 saturated carbocycles. The van der Waals surface area contributed by atoms with Crippen LogP contribution in [0.5, 0.6) is 0 Å². The summed E-state index contributed by atoms with van der Waals surface area (Å²) in [5.74, 6) is 0. The van der Waals surface area contributed by atoms with Gasteiger partial charge in [0.1, 0.15) is 0 Å². The molecule has 0 amide bonds. The predicted octanol–water partition coefficient (Wildman–Crippen LogP) is 2.34. The molecular weight excluding hydrogens is 196 g/mol. The zero-order valence-corrected chi connectivity index (χ0v) is 10.3. The van der Waals surface area contributed by atoms with Gasteiger partial charge in [-0.2, -0.15) is 0 Å². The van der Waals surface area contributed by atoms with Crippen molar-refractivity contribution in [2.45, 2.75) is 38.8 Å². The van der Waals surface area contributed by atoms with E-state index in [1.807, 2.05) is 0 Å². The normalized spacial score (nSPS) is 23.8. The van der Waals surface area contributed by atoms with Crippen LogP contribution >= 0.6 is 0 Å². The molecule has 2 rings (SSSR count). The van der Waals surface area contributed by atoms with E-state index in [2.05, 4.69) is 43.0 Å². The van der Waals surface area contributed by atoms with Gasteiger partial charge in [-0.3, -0.25) is 4.90 Å². The number of nitrogens with zero attached hydrogens (tertiary/aromatic N) is 1. The first kappa shape index (κ1) is 11.6. The highest BCUT2D eigenvalue weighted by molar-refractivity contribution is 5.36. The fraction of sp³-hybridized carbons (Fsp3) is 0.571. The minimum absolute atomic E-state index is 0.197. The number of hydrogen-bond acceptors (Lipinski definition) is 2. The minimum Gasteiger partial charge on any atom is -0.323 e. The average molecular weight is 218 g/mol. The maximum atomic E-state index is 6.36. The lowest BCUT2D eigenvalue weighted by Gasteiger charge is -2.30. The van der Waals surface area contributed by atoms with Gasteiger partial charge >= 0.3 is 0 Å². The zero-order valence-electron chi connectivity index (χ0n) is 10.3. The Bertz CT molecular complexity index is 348. The van der Waals surface area contributed by atoms with Crippen LogP contribution in [0, 0.1) is 0 Å². The molecule has 1 aliphatic rings. The molecule has 0 aliphatic heterocycles. The molecule has 0 heterocycles. The molecule has 2 N–H and O–H groups in total. The third kappa shape index (κ3) is 2.00. The third-order valence-corrected chi connectivity index (χ3v) is 3.64. The van der Waals surface area contributed by atoms with Crippen LogP contribution < -0.4 is 5.73 Å². The Labute approximate surface area is 98.4 Å². The van der Waals surface area contributed by atoms with Crippen LogP contribution in [0.2, 0.25) is 0 Å². The van der Waals surface area contributed by atoms with E-state index in [0.717, 1.165) is 19.5 Å². The smallest absolute Gasteiger partial charge is 0.0459 e. The lowest BCUT2D eigenvalue weighted by atomic mass is 10.1. The molecule has 0 fully saturated rings. The van der Waals surface area contributed by atoms with E-state index in [9.17, 15) is 0 Å². The van der Waals surface area contributed by atoms with E-state index in [0.29, 0.717) is 6.04 Å². The summed E-state index contributed by atoms with van der Waals surface area (Å²) < 4.78 is 0.